The molecule has 1 aliphatic heterocycles. The smallest absolute Gasteiger partial charge is 0.337 e. The van der Waals surface area contributed by atoms with E-state index >= 15 is 0 Å². The molecule has 0 bridgehead atoms. The van der Waals surface area contributed by atoms with Crippen LogP contribution in [0.5, 0.6) is 5.75 Å². The van der Waals surface area contributed by atoms with Crippen molar-refractivity contribution in [1.82, 2.24) is 4.90 Å². The van der Waals surface area contributed by atoms with Gasteiger partial charge in [-0.25, -0.2) is 9.18 Å². The van der Waals surface area contributed by atoms with E-state index in [1.54, 1.807) is 24.3 Å². The minimum absolute atomic E-state index is 0.0679. The van der Waals surface area contributed by atoms with Crippen LogP contribution in [-0.4, -0.2) is 47.1 Å². The van der Waals surface area contributed by atoms with E-state index in [1.165, 1.54) is 30.3 Å². The molecular weight excluding hydrogens is 423 g/mol. The quantitative estimate of drug-likeness (QED) is 0.513. The number of carboxylic acid groups (broad SMARTS) is 1. The number of phenols is 1. The van der Waals surface area contributed by atoms with Crippen LogP contribution in [0.1, 0.15) is 45.0 Å². The van der Waals surface area contributed by atoms with E-state index in [2.05, 4.69) is 17.3 Å². The molecule has 0 atom stereocenters. The Morgan fingerprint density at radius 1 is 0.970 bits per heavy atom. The molecule has 6 nitrogen and oxygen atoms in total. The average Bonchev–Trinajstić information content (AvgIpc) is 2.79. The van der Waals surface area contributed by atoms with Gasteiger partial charge < -0.3 is 20.4 Å². The highest BCUT2D eigenvalue weighted by Gasteiger charge is 2.22. The monoisotopic (exact) mass is 448 g/mol. The molecule has 33 heavy (non-hydrogen) atoms. The van der Waals surface area contributed by atoms with E-state index in [0.717, 1.165) is 31.5 Å². The van der Waals surface area contributed by atoms with Gasteiger partial charge in [0, 0.05) is 0 Å². The van der Waals surface area contributed by atoms with Gasteiger partial charge in [0.2, 0.25) is 0 Å². The first kappa shape index (κ1) is 22.5. The molecule has 1 amide bonds. The molecule has 3 aromatic carbocycles. The van der Waals surface area contributed by atoms with Crippen LogP contribution in [0.15, 0.2) is 60.7 Å². The van der Waals surface area contributed by atoms with Gasteiger partial charge in [0.05, 0.1) is 16.8 Å². The minimum atomic E-state index is -1.21. The zero-order valence-corrected chi connectivity index (χ0v) is 18.2. The number of carbonyl (C=O) groups excluding carboxylic acids is 1. The largest absolute Gasteiger partial charge is 0.507 e. The third kappa shape index (κ3) is 5.04. The van der Waals surface area contributed by atoms with E-state index in [1.807, 2.05) is 6.07 Å². The molecule has 3 aromatic rings. The number of hydrogen-bond acceptors (Lipinski definition) is 4. The van der Waals surface area contributed by atoms with Gasteiger partial charge in [0.1, 0.15) is 11.6 Å². The van der Waals surface area contributed by atoms with Crippen LogP contribution in [0.2, 0.25) is 0 Å². The number of carboxylic acids is 1. The average molecular weight is 448 g/mol. The second-order valence-electron chi connectivity index (χ2n) is 8.38. The number of carbonyl (C=O) groups is 2. The first-order valence-electron chi connectivity index (χ1n) is 10.8. The third-order valence-electron chi connectivity index (χ3n) is 6.11. The lowest BCUT2D eigenvalue weighted by Crippen LogP contribution is -2.29. The maximum Gasteiger partial charge on any atom is 0.337 e. The van der Waals surface area contributed by atoms with Crippen molar-refractivity contribution in [3.63, 3.8) is 0 Å². The fourth-order valence-electron chi connectivity index (χ4n) is 4.20. The number of halogens is 1. The number of rotatable bonds is 5. The van der Waals surface area contributed by atoms with E-state index in [-0.39, 0.29) is 22.6 Å². The topological polar surface area (TPSA) is 89.9 Å². The van der Waals surface area contributed by atoms with Gasteiger partial charge >= 0.3 is 5.97 Å². The molecular formula is C26H25FN2O4. The Morgan fingerprint density at radius 3 is 2.39 bits per heavy atom. The summed E-state index contributed by atoms with van der Waals surface area (Å²) < 4.78 is 13.7. The van der Waals surface area contributed by atoms with Gasteiger partial charge in [0.15, 0.2) is 0 Å². The Labute approximate surface area is 191 Å². The Bertz CT molecular complexity index is 1200. The number of aromatic carboxylic acids is 1. The molecule has 1 heterocycles. The van der Waals surface area contributed by atoms with E-state index < -0.39 is 17.7 Å². The van der Waals surface area contributed by atoms with Crippen LogP contribution in [0, 0.1) is 5.82 Å². The molecule has 1 fully saturated rings. The number of piperidine rings is 1. The molecule has 0 radical (unpaired) electrons. The van der Waals surface area contributed by atoms with Crippen molar-refractivity contribution >= 4 is 17.6 Å². The summed E-state index contributed by atoms with van der Waals surface area (Å²) >= 11 is 0. The van der Waals surface area contributed by atoms with Crippen LogP contribution in [-0.2, 0) is 0 Å². The summed E-state index contributed by atoms with van der Waals surface area (Å²) in [5.41, 5.74) is 2.12. The molecule has 7 heteroatoms. The lowest BCUT2D eigenvalue weighted by Gasteiger charge is -2.29. The summed E-state index contributed by atoms with van der Waals surface area (Å²) in [5, 5.41) is 22.5. The Morgan fingerprint density at radius 2 is 1.70 bits per heavy atom. The highest BCUT2D eigenvalue weighted by molar-refractivity contribution is 6.09. The predicted octanol–water partition coefficient (Wildman–Crippen LogP) is 4.96. The summed E-state index contributed by atoms with van der Waals surface area (Å²) in [6.07, 6.45) is 1.92. The molecule has 4 rings (SSSR count). The maximum atomic E-state index is 13.7. The van der Waals surface area contributed by atoms with Crippen LogP contribution in [0.4, 0.5) is 10.1 Å². The number of nitrogens with zero attached hydrogens (tertiary/aromatic N) is 1. The second-order valence-corrected chi connectivity index (χ2v) is 8.38. The van der Waals surface area contributed by atoms with Crippen LogP contribution in [0.3, 0.4) is 0 Å². The molecule has 170 valence electrons. The zero-order valence-electron chi connectivity index (χ0n) is 18.2. The maximum absolute atomic E-state index is 13.7. The van der Waals surface area contributed by atoms with Crippen LogP contribution in [0.25, 0.3) is 11.1 Å². The number of amides is 1. The fraction of sp³-hybridized carbons (Fsp3) is 0.231. The summed E-state index contributed by atoms with van der Waals surface area (Å²) in [6, 6.07) is 15.3. The Balaban J connectivity index is 1.64. The highest BCUT2D eigenvalue weighted by Crippen LogP contribution is 2.32. The van der Waals surface area contributed by atoms with Gasteiger partial charge in [-0.2, -0.15) is 0 Å². The molecule has 0 aliphatic carbocycles. The summed E-state index contributed by atoms with van der Waals surface area (Å²) in [4.78, 5) is 27.1. The van der Waals surface area contributed by atoms with Crippen molar-refractivity contribution in [2.75, 3.05) is 25.5 Å². The summed E-state index contributed by atoms with van der Waals surface area (Å²) in [7, 11) is 2.07. The number of phenolic OH excluding ortho intramolecular Hbond substituents is 1. The number of likely N-dealkylation sites (tertiary alicyclic amines) is 1. The van der Waals surface area contributed by atoms with Crippen LogP contribution < -0.4 is 5.32 Å². The van der Waals surface area contributed by atoms with Gasteiger partial charge in [-0.15, -0.1) is 0 Å². The van der Waals surface area contributed by atoms with E-state index in [9.17, 15) is 24.2 Å². The first-order valence-corrected chi connectivity index (χ1v) is 10.8. The molecule has 0 unspecified atom stereocenters. The normalized spacial score (nSPS) is 14.7. The predicted molar refractivity (Wildman–Crippen MR) is 124 cm³/mol. The molecule has 0 aromatic heterocycles. The fourth-order valence-corrected chi connectivity index (χ4v) is 4.20. The van der Waals surface area contributed by atoms with Crippen LogP contribution >= 0.6 is 0 Å². The van der Waals surface area contributed by atoms with Gasteiger partial charge in [-0.3, -0.25) is 4.79 Å². The third-order valence-corrected chi connectivity index (χ3v) is 6.11. The van der Waals surface area contributed by atoms with Crippen molar-refractivity contribution in [2.45, 2.75) is 18.8 Å². The van der Waals surface area contributed by atoms with E-state index in [0.29, 0.717) is 17.0 Å². The van der Waals surface area contributed by atoms with Crippen molar-refractivity contribution in [3.8, 4) is 16.9 Å². The number of anilines is 1. The van der Waals surface area contributed by atoms with Gasteiger partial charge in [-0.1, -0.05) is 24.3 Å². The zero-order chi connectivity index (χ0) is 23.5. The van der Waals surface area contributed by atoms with Crippen molar-refractivity contribution in [3.05, 3.63) is 83.2 Å². The Kier molecular flexibility index (Phi) is 6.42. The molecule has 0 spiro atoms. The molecule has 3 N–H and O–H groups in total. The summed E-state index contributed by atoms with van der Waals surface area (Å²) in [5.74, 6) is -2.13. The molecule has 1 saturated heterocycles. The van der Waals surface area contributed by atoms with Crippen molar-refractivity contribution in [2.24, 2.45) is 0 Å². The van der Waals surface area contributed by atoms with Gasteiger partial charge in [-0.05, 0) is 92.0 Å². The number of benzene rings is 3. The summed E-state index contributed by atoms with van der Waals surface area (Å²) in [6.45, 7) is 1.92. The van der Waals surface area contributed by atoms with Gasteiger partial charge in [0.25, 0.3) is 5.91 Å². The Hall–Kier alpha value is -3.71. The standard InChI is InChI=1S/C26H25FN2O4/c1-29-11-9-16(10-12-29)18-6-8-24(30)22(14-18)25(31)28-23-15-19(5-7-21(23)26(32)33)17-3-2-4-20(27)13-17/h2-8,13-16,30H,9-12H2,1H3,(H,28,31)(H,32,33). The number of aromatic hydroxyl groups is 1. The first-order chi connectivity index (χ1) is 15.8. The molecule has 0 saturated carbocycles. The lowest BCUT2D eigenvalue weighted by atomic mass is 9.88. The number of hydrogen-bond donors (Lipinski definition) is 3. The van der Waals surface area contributed by atoms with Crippen molar-refractivity contribution in [1.29, 1.82) is 0 Å². The number of nitrogens with one attached hydrogen (secondary N) is 1. The van der Waals surface area contributed by atoms with E-state index in [4.69, 9.17) is 0 Å². The SMILES string of the molecule is CN1CCC(c2ccc(O)c(C(=O)Nc3cc(-c4cccc(F)c4)ccc3C(=O)O)c2)CC1. The lowest BCUT2D eigenvalue weighted by molar-refractivity contribution is 0.0698. The second kappa shape index (κ2) is 9.42. The van der Waals surface area contributed by atoms with Crippen molar-refractivity contribution < 1.29 is 24.2 Å². The minimum Gasteiger partial charge on any atom is -0.507 e. The highest BCUT2D eigenvalue weighted by atomic mass is 19.1. The molecule has 1 aliphatic rings.